The van der Waals surface area contributed by atoms with Gasteiger partial charge in [-0.05, 0) is 43.2 Å². The summed E-state index contributed by atoms with van der Waals surface area (Å²) < 4.78 is 6.11. The molecule has 0 heterocycles. The number of carboxylic acids is 1. The maximum Gasteiger partial charge on any atom is 0.328 e. The maximum atomic E-state index is 10.7. The van der Waals surface area contributed by atoms with Gasteiger partial charge in [0, 0.05) is 11.6 Å². The molecular weight excluding hydrogens is 288 g/mol. The van der Waals surface area contributed by atoms with E-state index in [9.17, 15) is 4.79 Å². The number of ether oxygens (including phenoxy) is 1. The largest absolute Gasteiger partial charge is 0.488 e. The summed E-state index contributed by atoms with van der Waals surface area (Å²) in [5, 5.41) is 9.29. The maximum absolute atomic E-state index is 10.7. The molecule has 114 valence electrons. The molecule has 1 aromatic carbocycles. The zero-order chi connectivity index (χ0) is 15.4. The van der Waals surface area contributed by atoms with Crippen molar-refractivity contribution >= 4 is 23.6 Å². The van der Waals surface area contributed by atoms with E-state index in [4.69, 9.17) is 21.4 Å². The lowest BCUT2D eigenvalue weighted by Crippen LogP contribution is -2.28. The molecule has 1 aromatic rings. The molecule has 0 spiro atoms. The van der Waals surface area contributed by atoms with Crippen molar-refractivity contribution in [2.75, 3.05) is 0 Å². The van der Waals surface area contributed by atoms with Gasteiger partial charge in [0.2, 0.25) is 0 Å². The highest BCUT2D eigenvalue weighted by molar-refractivity contribution is 6.32. The van der Waals surface area contributed by atoms with Gasteiger partial charge >= 0.3 is 5.97 Å². The number of aliphatic carboxylic acids is 1. The third-order valence-electron chi connectivity index (χ3n) is 3.82. The summed E-state index contributed by atoms with van der Waals surface area (Å²) >= 11 is 6.23. The second-order valence-electron chi connectivity index (χ2n) is 5.99. The summed E-state index contributed by atoms with van der Waals surface area (Å²) in [6.07, 6.45) is 6.02. The van der Waals surface area contributed by atoms with Crippen LogP contribution >= 0.6 is 11.6 Å². The number of benzene rings is 1. The standard InChI is InChI=1S/C17H21ClO3/c1-11-8-12(2)10-14(9-11)21-17-13(6-7-16(19)20)4-3-5-15(17)18/h3-7,11-12,14H,8-10H2,1-2H3,(H,19,20)/b7-6+. The molecule has 2 atom stereocenters. The number of para-hydroxylation sites is 1. The Balaban J connectivity index is 2.20. The Hall–Kier alpha value is -1.48. The van der Waals surface area contributed by atoms with Gasteiger partial charge in [-0.1, -0.05) is 37.6 Å². The molecule has 0 radical (unpaired) electrons. The van der Waals surface area contributed by atoms with Crippen LogP contribution in [0.3, 0.4) is 0 Å². The van der Waals surface area contributed by atoms with E-state index in [0.717, 1.165) is 18.9 Å². The lowest BCUT2D eigenvalue weighted by molar-refractivity contribution is -0.131. The number of carboxylic acid groups (broad SMARTS) is 1. The number of hydrogen-bond acceptors (Lipinski definition) is 2. The average Bonchev–Trinajstić information content (AvgIpc) is 2.38. The molecule has 0 bridgehead atoms. The second-order valence-corrected chi connectivity index (χ2v) is 6.39. The minimum Gasteiger partial charge on any atom is -0.488 e. The van der Waals surface area contributed by atoms with Crippen molar-refractivity contribution in [2.45, 2.75) is 39.2 Å². The number of carbonyl (C=O) groups is 1. The predicted molar refractivity (Wildman–Crippen MR) is 84.7 cm³/mol. The molecule has 2 unspecified atom stereocenters. The molecule has 21 heavy (non-hydrogen) atoms. The van der Waals surface area contributed by atoms with Gasteiger partial charge in [0.15, 0.2) is 0 Å². The average molecular weight is 309 g/mol. The van der Waals surface area contributed by atoms with E-state index in [1.54, 1.807) is 12.1 Å². The summed E-state index contributed by atoms with van der Waals surface area (Å²) in [6.45, 7) is 4.48. The minimum atomic E-state index is -0.985. The van der Waals surface area contributed by atoms with Crippen LogP contribution in [0.15, 0.2) is 24.3 Å². The number of hydrogen-bond donors (Lipinski definition) is 1. The van der Waals surface area contributed by atoms with Crippen LogP contribution in [-0.2, 0) is 4.79 Å². The normalized spacial score (nSPS) is 26.0. The molecule has 1 saturated carbocycles. The fourth-order valence-electron chi connectivity index (χ4n) is 3.08. The minimum absolute atomic E-state index is 0.139. The SMILES string of the molecule is CC1CC(C)CC(Oc2c(Cl)cccc2/C=C/C(=O)O)C1. The molecule has 3 nitrogen and oxygen atoms in total. The highest BCUT2D eigenvalue weighted by Crippen LogP contribution is 2.36. The van der Waals surface area contributed by atoms with Crippen LogP contribution in [0.4, 0.5) is 0 Å². The van der Waals surface area contributed by atoms with Gasteiger partial charge in [0.1, 0.15) is 5.75 Å². The van der Waals surface area contributed by atoms with Gasteiger partial charge in [-0.25, -0.2) is 4.79 Å². The van der Waals surface area contributed by atoms with Gasteiger partial charge in [-0.15, -0.1) is 0 Å². The molecule has 0 aliphatic heterocycles. The van der Waals surface area contributed by atoms with Crippen molar-refractivity contribution in [3.05, 3.63) is 34.9 Å². The van der Waals surface area contributed by atoms with Gasteiger partial charge < -0.3 is 9.84 Å². The first-order valence-electron chi connectivity index (χ1n) is 7.32. The third-order valence-corrected chi connectivity index (χ3v) is 4.12. The van der Waals surface area contributed by atoms with Crippen molar-refractivity contribution in [3.8, 4) is 5.75 Å². The van der Waals surface area contributed by atoms with Crippen LogP contribution in [0, 0.1) is 11.8 Å². The summed E-state index contributed by atoms with van der Waals surface area (Å²) in [6, 6.07) is 5.38. The summed E-state index contributed by atoms with van der Waals surface area (Å²) in [5.74, 6) is 0.877. The lowest BCUT2D eigenvalue weighted by Gasteiger charge is -2.32. The van der Waals surface area contributed by atoms with Crippen LogP contribution in [0.25, 0.3) is 6.08 Å². The molecule has 0 aromatic heterocycles. The highest BCUT2D eigenvalue weighted by Gasteiger charge is 2.26. The van der Waals surface area contributed by atoms with E-state index in [1.807, 2.05) is 6.07 Å². The molecule has 1 N–H and O–H groups in total. The predicted octanol–water partition coefficient (Wildman–Crippen LogP) is 4.64. The Morgan fingerprint density at radius 3 is 2.57 bits per heavy atom. The molecule has 1 fully saturated rings. The van der Waals surface area contributed by atoms with Gasteiger partial charge in [0.05, 0.1) is 11.1 Å². The lowest BCUT2D eigenvalue weighted by atomic mass is 9.82. The zero-order valence-electron chi connectivity index (χ0n) is 12.4. The molecular formula is C17H21ClO3. The Bertz CT molecular complexity index is 529. The summed E-state index contributed by atoms with van der Waals surface area (Å²) in [4.78, 5) is 10.7. The molecule has 1 aliphatic carbocycles. The van der Waals surface area contributed by atoms with Crippen LogP contribution in [0.5, 0.6) is 5.75 Å². The van der Waals surface area contributed by atoms with E-state index < -0.39 is 5.97 Å². The van der Waals surface area contributed by atoms with E-state index in [0.29, 0.717) is 28.2 Å². The van der Waals surface area contributed by atoms with Crippen LogP contribution in [0.1, 0.15) is 38.7 Å². The van der Waals surface area contributed by atoms with E-state index >= 15 is 0 Å². The fraction of sp³-hybridized carbons (Fsp3) is 0.471. The zero-order valence-corrected chi connectivity index (χ0v) is 13.1. The van der Waals surface area contributed by atoms with Crippen LogP contribution in [0.2, 0.25) is 5.02 Å². The second kappa shape index (κ2) is 6.99. The van der Waals surface area contributed by atoms with Crippen molar-refractivity contribution in [3.63, 3.8) is 0 Å². The molecule has 0 amide bonds. The summed E-state index contributed by atoms with van der Waals surface area (Å²) in [5.41, 5.74) is 0.704. The number of rotatable bonds is 4. The smallest absolute Gasteiger partial charge is 0.328 e. The van der Waals surface area contributed by atoms with Crippen molar-refractivity contribution in [1.29, 1.82) is 0 Å². The van der Waals surface area contributed by atoms with E-state index in [2.05, 4.69) is 13.8 Å². The van der Waals surface area contributed by atoms with Crippen molar-refractivity contribution < 1.29 is 14.6 Å². The summed E-state index contributed by atoms with van der Waals surface area (Å²) in [7, 11) is 0. The van der Waals surface area contributed by atoms with Crippen molar-refractivity contribution in [1.82, 2.24) is 0 Å². The Kier molecular flexibility index (Phi) is 5.29. The van der Waals surface area contributed by atoms with E-state index in [1.165, 1.54) is 12.5 Å². The first kappa shape index (κ1) is 15.9. The molecule has 1 aliphatic rings. The third kappa shape index (κ3) is 4.50. The number of halogens is 1. The highest BCUT2D eigenvalue weighted by atomic mass is 35.5. The van der Waals surface area contributed by atoms with Crippen LogP contribution in [-0.4, -0.2) is 17.2 Å². The van der Waals surface area contributed by atoms with Gasteiger partial charge in [-0.3, -0.25) is 0 Å². The monoisotopic (exact) mass is 308 g/mol. The Morgan fingerprint density at radius 2 is 1.95 bits per heavy atom. The molecule has 2 rings (SSSR count). The quantitative estimate of drug-likeness (QED) is 0.824. The first-order valence-corrected chi connectivity index (χ1v) is 7.69. The van der Waals surface area contributed by atoms with Crippen LogP contribution < -0.4 is 4.74 Å². The van der Waals surface area contributed by atoms with Gasteiger partial charge in [0.25, 0.3) is 0 Å². The van der Waals surface area contributed by atoms with Gasteiger partial charge in [-0.2, -0.15) is 0 Å². The molecule has 0 saturated heterocycles. The fourth-order valence-corrected chi connectivity index (χ4v) is 3.30. The Morgan fingerprint density at radius 1 is 1.29 bits per heavy atom. The van der Waals surface area contributed by atoms with Crippen molar-refractivity contribution in [2.24, 2.45) is 11.8 Å². The van der Waals surface area contributed by atoms with E-state index in [-0.39, 0.29) is 6.10 Å². The topological polar surface area (TPSA) is 46.5 Å². The Labute approximate surface area is 130 Å². The molecule has 4 heteroatoms. The first-order chi connectivity index (χ1) is 9.95.